The third-order valence-corrected chi connectivity index (χ3v) is 13.0. The molecule has 0 amide bonds. The third kappa shape index (κ3) is 10.6. The SMILES string of the molecule is CC.CO.CSc1ccc2ncc(S(=O)(=O)c3ccc(OC(C)(C)CC(C)(C)C)cc3)c(N3CCC(N4CCC(N5CCCCC5)CC4)CC3)c2c1. The Hall–Kier alpha value is -2.37. The Bertz CT molecular complexity index is 1650. The number of nitrogens with zero attached hydrogens (tertiary/aromatic N) is 4. The fraction of sp³-hybridized carbons (Fsp3) is 0.643. The molecule has 0 atom stereocenters. The summed E-state index contributed by atoms with van der Waals surface area (Å²) in [7, 11) is -2.85. The van der Waals surface area contributed by atoms with Gasteiger partial charge in [-0.05, 0) is 139 Å². The van der Waals surface area contributed by atoms with Crippen LogP contribution in [0.25, 0.3) is 10.9 Å². The number of aromatic nitrogens is 1. The molecular weight excluding hydrogens is 689 g/mol. The lowest BCUT2D eigenvalue weighted by Gasteiger charge is -2.45. The second-order valence-corrected chi connectivity index (χ2v) is 18.8. The van der Waals surface area contributed by atoms with Gasteiger partial charge in [-0.1, -0.05) is 41.0 Å². The lowest BCUT2D eigenvalue weighted by Crippen LogP contribution is -2.52. The third-order valence-electron chi connectivity index (χ3n) is 10.5. The number of aliphatic hydroxyl groups is 1. The number of sulfone groups is 1. The molecule has 3 saturated heterocycles. The van der Waals surface area contributed by atoms with Crippen LogP contribution >= 0.6 is 11.8 Å². The maximum absolute atomic E-state index is 14.4. The van der Waals surface area contributed by atoms with E-state index < -0.39 is 9.84 Å². The summed E-state index contributed by atoms with van der Waals surface area (Å²) in [5.74, 6) is 0.673. The van der Waals surface area contributed by atoms with E-state index in [0.717, 1.165) is 67.0 Å². The minimum absolute atomic E-state index is 0.112. The Morgan fingerprint density at radius 3 is 1.92 bits per heavy atom. The predicted octanol–water partition coefficient (Wildman–Crippen LogP) is 8.94. The van der Waals surface area contributed by atoms with E-state index in [1.54, 1.807) is 42.2 Å². The fourth-order valence-electron chi connectivity index (χ4n) is 8.59. The quantitative estimate of drug-likeness (QED) is 0.215. The lowest BCUT2D eigenvalue weighted by atomic mass is 9.83. The monoisotopic (exact) mass is 754 g/mol. The highest BCUT2D eigenvalue weighted by atomic mass is 32.2. The molecule has 2 aromatic carbocycles. The van der Waals surface area contributed by atoms with Crippen molar-refractivity contribution in [3.05, 3.63) is 48.7 Å². The minimum Gasteiger partial charge on any atom is -0.488 e. The van der Waals surface area contributed by atoms with Crippen LogP contribution in [0.15, 0.2) is 63.3 Å². The summed E-state index contributed by atoms with van der Waals surface area (Å²) in [6.07, 6.45) is 13.2. The highest BCUT2D eigenvalue weighted by Crippen LogP contribution is 2.40. The molecule has 52 heavy (non-hydrogen) atoms. The normalized spacial score (nSPS) is 18.7. The van der Waals surface area contributed by atoms with Crippen molar-refractivity contribution in [3.63, 3.8) is 0 Å². The van der Waals surface area contributed by atoms with E-state index >= 15 is 0 Å². The van der Waals surface area contributed by atoms with Gasteiger partial charge < -0.3 is 24.5 Å². The van der Waals surface area contributed by atoms with Crippen LogP contribution in [0.1, 0.15) is 99.8 Å². The van der Waals surface area contributed by atoms with Crippen LogP contribution in [-0.2, 0) is 9.84 Å². The number of thioether (sulfide) groups is 1. The van der Waals surface area contributed by atoms with Crippen molar-refractivity contribution in [2.75, 3.05) is 57.5 Å². The average Bonchev–Trinajstić information content (AvgIpc) is 3.15. The number of fused-ring (bicyclic) bond motifs is 1. The molecule has 0 unspecified atom stereocenters. The molecule has 0 spiro atoms. The molecule has 3 aromatic rings. The second-order valence-electron chi connectivity index (χ2n) is 16.0. The van der Waals surface area contributed by atoms with E-state index in [1.807, 2.05) is 19.9 Å². The van der Waals surface area contributed by atoms with Gasteiger partial charge in [0.2, 0.25) is 9.84 Å². The summed E-state index contributed by atoms with van der Waals surface area (Å²) < 4.78 is 35.2. The number of anilines is 1. The molecule has 0 bridgehead atoms. The minimum atomic E-state index is -3.85. The van der Waals surface area contributed by atoms with E-state index in [0.29, 0.717) is 11.8 Å². The zero-order valence-electron chi connectivity index (χ0n) is 33.5. The van der Waals surface area contributed by atoms with E-state index in [9.17, 15) is 8.42 Å². The van der Waals surface area contributed by atoms with Crippen LogP contribution in [-0.4, -0.2) is 98.6 Å². The second kappa shape index (κ2) is 18.8. The highest BCUT2D eigenvalue weighted by Gasteiger charge is 2.34. The van der Waals surface area contributed by atoms with Crippen molar-refractivity contribution >= 4 is 38.2 Å². The summed E-state index contributed by atoms with van der Waals surface area (Å²) in [5, 5.41) is 7.91. The first-order valence-corrected chi connectivity index (χ1v) is 22.2. The number of hydrogen-bond acceptors (Lipinski definition) is 9. The van der Waals surface area contributed by atoms with Crippen LogP contribution in [0.5, 0.6) is 5.75 Å². The summed E-state index contributed by atoms with van der Waals surface area (Å²) >= 11 is 1.67. The van der Waals surface area contributed by atoms with Gasteiger partial charge >= 0.3 is 0 Å². The molecule has 1 N–H and O–H groups in total. The molecule has 0 saturated carbocycles. The number of hydrogen-bond donors (Lipinski definition) is 1. The summed E-state index contributed by atoms with van der Waals surface area (Å²) in [6.45, 7) is 21.3. The molecular formula is C42H66N4O4S2. The number of likely N-dealkylation sites (tertiary alicyclic amines) is 2. The molecule has 0 radical (unpaired) electrons. The molecule has 3 fully saturated rings. The highest BCUT2D eigenvalue weighted by molar-refractivity contribution is 7.98. The fourth-order valence-corrected chi connectivity index (χ4v) is 10.5. The Balaban J connectivity index is 0.00000146. The van der Waals surface area contributed by atoms with Gasteiger partial charge in [-0.2, -0.15) is 0 Å². The number of ether oxygens (including phenoxy) is 1. The molecule has 10 heteroatoms. The number of rotatable bonds is 9. The summed E-state index contributed by atoms with van der Waals surface area (Å²) in [5.41, 5.74) is 1.36. The number of benzene rings is 2. The Morgan fingerprint density at radius 2 is 1.37 bits per heavy atom. The Kier molecular flexibility index (Phi) is 15.3. The van der Waals surface area contributed by atoms with Crippen molar-refractivity contribution in [1.82, 2.24) is 14.8 Å². The first-order chi connectivity index (χ1) is 24.8. The van der Waals surface area contributed by atoms with Gasteiger partial charge in [0.1, 0.15) is 16.2 Å². The van der Waals surface area contributed by atoms with Crippen molar-refractivity contribution in [2.45, 2.75) is 132 Å². The van der Waals surface area contributed by atoms with Crippen molar-refractivity contribution in [1.29, 1.82) is 0 Å². The zero-order chi connectivity index (χ0) is 38.1. The maximum atomic E-state index is 14.4. The van der Waals surface area contributed by atoms with E-state index in [4.69, 9.17) is 9.84 Å². The van der Waals surface area contributed by atoms with Crippen LogP contribution in [0, 0.1) is 5.41 Å². The number of piperidine rings is 3. The zero-order valence-corrected chi connectivity index (χ0v) is 35.1. The Labute approximate surface area is 319 Å². The summed E-state index contributed by atoms with van der Waals surface area (Å²) in [4.78, 5) is 14.1. The molecule has 4 heterocycles. The number of pyridine rings is 1. The maximum Gasteiger partial charge on any atom is 0.210 e. The van der Waals surface area contributed by atoms with Gasteiger partial charge in [-0.25, -0.2) is 8.42 Å². The molecule has 8 nitrogen and oxygen atoms in total. The molecule has 290 valence electrons. The van der Waals surface area contributed by atoms with Gasteiger partial charge in [0.25, 0.3) is 0 Å². The van der Waals surface area contributed by atoms with Gasteiger partial charge in [0, 0.05) is 48.8 Å². The van der Waals surface area contributed by atoms with Gasteiger partial charge in [0.15, 0.2) is 0 Å². The molecule has 0 aliphatic carbocycles. The molecule has 3 aliphatic rings. The van der Waals surface area contributed by atoms with E-state index in [1.165, 1.54) is 58.3 Å². The van der Waals surface area contributed by atoms with Crippen molar-refractivity contribution < 1.29 is 18.3 Å². The van der Waals surface area contributed by atoms with Gasteiger partial charge in [0.05, 0.1) is 16.1 Å². The van der Waals surface area contributed by atoms with Crippen molar-refractivity contribution in [2.24, 2.45) is 5.41 Å². The van der Waals surface area contributed by atoms with Crippen molar-refractivity contribution in [3.8, 4) is 5.75 Å². The van der Waals surface area contributed by atoms with Crippen LogP contribution in [0.2, 0.25) is 0 Å². The molecule has 3 aliphatic heterocycles. The molecule has 6 rings (SSSR count). The average molecular weight is 755 g/mol. The lowest BCUT2D eigenvalue weighted by molar-refractivity contribution is 0.0621. The smallest absolute Gasteiger partial charge is 0.210 e. The topological polar surface area (TPSA) is 86.2 Å². The van der Waals surface area contributed by atoms with Crippen LogP contribution in [0.3, 0.4) is 0 Å². The van der Waals surface area contributed by atoms with E-state index in [2.05, 4.69) is 72.7 Å². The van der Waals surface area contributed by atoms with E-state index in [-0.39, 0.29) is 20.8 Å². The predicted molar refractivity (Wildman–Crippen MR) is 219 cm³/mol. The summed E-state index contributed by atoms with van der Waals surface area (Å²) in [6, 6.07) is 14.4. The first-order valence-electron chi connectivity index (χ1n) is 19.5. The van der Waals surface area contributed by atoms with Crippen LogP contribution in [0.4, 0.5) is 5.69 Å². The van der Waals surface area contributed by atoms with Gasteiger partial charge in [-0.15, -0.1) is 11.8 Å². The molecule has 1 aromatic heterocycles. The standard InChI is InChI=1S/C39H56N4O3S2.C2H6.CH4O/c1-38(2,3)28-39(4,5)46-31-10-13-33(14-11-31)48(44,45)36-27-40-35-15-12-32(47-6)26-34(35)37(36)43-24-18-30(19-25-43)42-22-16-29(17-23-42)41-20-8-7-9-21-41;2*1-2/h10-15,26-27,29-30H,7-9,16-25,28H2,1-6H3;1-2H3;2H,1H3. The van der Waals surface area contributed by atoms with Crippen LogP contribution < -0.4 is 9.64 Å². The Morgan fingerprint density at radius 1 is 0.808 bits per heavy atom. The number of aliphatic hydroxyl groups excluding tert-OH is 1. The van der Waals surface area contributed by atoms with Gasteiger partial charge in [-0.3, -0.25) is 4.98 Å². The largest absolute Gasteiger partial charge is 0.488 e. The first kappa shape index (κ1) is 42.4.